The predicted octanol–water partition coefficient (Wildman–Crippen LogP) is 6.34. The Morgan fingerprint density at radius 2 is 1.71 bits per heavy atom. The molecule has 218 valence electrons. The highest BCUT2D eigenvalue weighted by Gasteiger charge is 2.37. The Balaban J connectivity index is 1.52. The Hall–Kier alpha value is -4.37. The molecule has 2 N–H and O–H groups in total. The summed E-state index contributed by atoms with van der Waals surface area (Å²) in [5.74, 6) is 0.434. The summed E-state index contributed by atoms with van der Waals surface area (Å²) in [7, 11) is 1.28. The van der Waals surface area contributed by atoms with Crippen molar-refractivity contribution in [2.45, 2.75) is 54.1 Å². The van der Waals surface area contributed by atoms with E-state index in [2.05, 4.69) is 10.6 Å². The van der Waals surface area contributed by atoms with Crippen LogP contribution in [0.15, 0.2) is 50.4 Å². The third-order valence-electron chi connectivity index (χ3n) is 7.67. The minimum Gasteiger partial charge on any atom is -0.465 e. The maximum atomic E-state index is 13.9. The monoisotopic (exact) mass is 589 g/mol. The SMILES string of the molecule is COC(=O)c1ccc(C)cc1N1Cc2c(Cl)ccc(Nc3c(N[C@@H](c4cc(C)c(C)o4)C(C)(C)C)c(=O)c3=O)c2C1=O. The van der Waals surface area contributed by atoms with Crippen LogP contribution in [0.5, 0.6) is 0 Å². The Morgan fingerprint density at radius 1 is 1.02 bits per heavy atom. The normalized spacial score (nSPS) is 13.8. The molecule has 0 saturated carbocycles. The van der Waals surface area contributed by atoms with Crippen molar-refractivity contribution in [3.8, 4) is 0 Å². The number of hydrogen-bond donors (Lipinski definition) is 2. The first-order valence-electron chi connectivity index (χ1n) is 13.5. The molecular formula is C32H32ClN3O6. The second-order valence-corrected chi connectivity index (χ2v) is 12.1. The van der Waals surface area contributed by atoms with Gasteiger partial charge in [-0.2, -0.15) is 0 Å². The molecule has 10 heteroatoms. The number of amides is 1. The quantitative estimate of drug-likeness (QED) is 0.189. The Morgan fingerprint density at radius 3 is 2.33 bits per heavy atom. The van der Waals surface area contributed by atoms with E-state index in [4.69, 9.17) is 20.8 Å². The van der Waals surface area contributed by atoms with E-state index in [1.54, 1.807) is 30.3 Å². The number of nitrogens with one attached hydrogen (secondary N) is 2. The van der Waals surface area contributed by atoms with Crippen LogP contribution in [0.1, 0.15) is 75.7 Å². The fourth-order valence-electron chi connectivity index (χ4n) is 5.22. The van der Waals surface area contributed by atoms with Crippen LogP contribution >= 0.6 is 11.6 Å². The number of carbonyl (C=O) groups excluding carboxylic acids is 2. The van der Waals surface area contributed by atoms with Gasteiger partial charge < -0.3 is 24.7 Å². The van der Waals surface area contributed by atoms with Crippen LogP contribution < -0.4 is 26.4 Å². The van der Waals surface area contributed by atoms with Crippen molar-refractivity contribution in [2.75, 3.05) is 22.6 Å². The average molecular weight is 590 g/mol. The van der Waals surface area contributed by atoms with Crippen molar-refractivity contribution < 1.29 is 18.7 Å². The zero-order chi connectivity index (χ0) is 30.7. The lowest BCUT2D eigenvalue weighted by Gasteiger charge is -2.31. The minimum absolute atomic E-state index is 0.0517. The zero-order valence-corrected chi connectivity index (χ0v) is 25.3. The van der Waals surface area contributed by atoms with Crippen LogP contribution in [0.3, 0.4) is 0 Å². The molecule has 0 saturated heterocycles. The first-order chi connectivity index (χ1) is 19.7. The highest BCUT2D eigenvalue weighted by atomic mass is 35.5. The smallest absolute Gasteiger partial charge is 0.339 e. The summed E-state index contributed by atoms with van der Waals surface area (Å²) < 4.78 is 10.9. The zero-order valence-electron chi connectivity index (χ0n) is 24.5. The molecule has 0 radical (unpaired) electrons. The lowest BCUT2D eigenvalue weighted by molar-refractivity contribution is 0.0601. The van der Waals surface area contributed by atoms with Crippen molar-refractivity contribution in [1.82, 2.24) is 0 Å². The molecule has 2 heterocycles. The topological polar surface area (TPSA) is 118 Å². The third kappa shape index (κ3) is 4.87. The van der Waals surface area contributed by atoms with E-state index >= 15 is 0 Å². The molecule has 0 aliphatic carbocycles. The number of fused-ring (bicyclic) bond motifs is 1. The molecule has 1 aromatic heterocycles. The van der Waals surface area contributed by atoms with E-state index in [1.807, 2.05) is 47.6 Å². The summed E-state index contributed by atoms with van der Waals surface area (Å²) in [4.78, 5) is 53.4. The van der Waals surface area contributed by atoms with Gasteiger partial charge in [0.2, 0.25) is 0 Å². The summed E-state index contributed by atoms with van der Waals surface area (Å²) in [5, 5.41) is 6.64. The number of carbonyl (C=O) groups is 2. The van der Waals surface area contributed by atoms with Gasteiger partial charge in [-0.25, -0.2) is 4.79 Å². The number of rotatable bonds is 7. The van der Waals surface area contributed by atoms with Gasteiger partial charge >= 0.3 is 5.97 Å². The number of esters is 1. The van der Waals surface area contributed by atoms with Gasteiger partial charge in [0.1, 0.15) is 22.9 Å². The van der Waals surface area contributed by atoms with Gasteiger partial charge in [0.15, 0.2) is 0 Å². The van der Waals surface area contributed by atoms with Crippen LogP contribution in [0.25, 0.3) is 0 Å². The number of aryl methyl sites for hydroxylation is 3. The molecular weight excluding hydrogens is 558 g/mol. The van der Waals surface area contributed by atoms with E-state index in [0.717, 1.165) is 16.9 Å². The van der Waals surface area contributed by atoms with Gasteiger partial charge in [0.05, 0.1) is 42.2 Å². The lowest BCUT2D eigenvalue weighted by atomic mass is 9.84. The molecule has 4 aromatic rings. The molecule has 1 amide bonds. The number of furan rings is 1. The maximum Gasteiger partial charge on any atom is 0.339 e. The van der Waals surface area contributed by atoms with Crippen LogP contribution in [0.4, 0.5) is 22.7 Å². The predicted molar refractivity (Wildman–Crippen MR) is 163 cm³/mol. The van der Waals surface area contributed by atoms with Crippen molar-refractivity contribution in [3.05, 3.63) is 101 Å². The number of hydrogen-bond acceptors (Lipinski definition) is 8. The molecule has 1 aliphatic heterocycles. The van der Waals surface area contributed by atoms with Crippen molar-refractivity contribution in [3.63, 3.8) is 0 Å². The third-order valence-corrected chi connectivity index (χ3v) is 8.03. The Labute approximate surface area is 248 Å². The van der Waals surface area contributed by atoms with E-state index in [-0.39, 0.29) is 34.5 Å². The number of nitrogens with zero attached hydrogens (tertiary/aromatic N) is 1. The van der Waals surface area contributed by atoms with Gasteiger partial charge in [-0.05, 0) is 67.6 Å². The highest BCUT2D eigenvalue weighted by molar-refractivity contribution is 6.33. The van der Waals surface area contributed by atoms with Crippen molar-refractivity contribution in [2.24, 2.45) is 5.41 Å². The molecule has 42 heavy (non-hydrogen) atoms. The van der Waals surface area contributed by atoms with E-state index in [1.165, 1.54) is 12.0 Å². The Bertz CT molecular complexity index is 1800. The summed E-state index contributed by atoms with van der Waals surface area (Å²) >= 11 is 6.53. The molecule has 0 fully saturated rings. The van der Waals surface area contributed by atoms with Gasteiger partial charge in [0, 0.05) is 10.6 Å². The first-order valence-corrected chi connectivity index (χ1v) is 13.9. The largest absolute Gasteiger partial charge is 0.465 e. The second kappa shape index (κ2) is 10.5. The van der Waals surface area contributed by atoms with Crippen LogP contribution in [-0.2, 0) is 11.3 Å². The summed E-state index contributed by atoms with van der Waals surface area (Å²) in [6.07, 6.45) is 0. The van der Waals surface area contributed by atoms with Crippen LogP contribution in [0.2, 0.25) is 5.02 Å². The van der Waals surface area contributed by atoms with E-state index < -0.39 is 28.8 Å². The molecule has 0 unspecified atom stereocenters. The second-order valence-electron chi connectivity index (χ2n) is 11.7. The fraction of sp³-hybridized carbons (Fsp3) is 0.312. The highest BCUT2D eigenvalue weighted by Crippen LogP contribution is 2.41. The molecule has 5 rings (SSSR count). The van der Waals surface area contributed by atoms with Gasteiger partial charge in [-0.3, -0.25) is 14.4 Å². The number of halogens is 1. The molecule has 9 nitrogen and oxygen atoms in total. The molecule has 0 bridgehead atoms. The van der Waals surface area contributed by atoms with Gasteiger partial charge in [0.25, 0.3) is 16.8 Å². The maximum absolute atomic E-state index is 13.9. The molecule has 1 aliphatic rings. The number of ether oxygens (including phenoxy) is 1. The summed E-state index contributed by atoms with van der Waals surface area (Å²) in [6, 6.07) is 9.84. The number of methoxy groups -OCH3 is 1. The lowest BCUT2D eigenvalue weighted by Crippen LogP contribution is -2.39. The molecule has 0 spiro atoms. The number of benzene rings is 2. The average Bonchev–Trinajstić information content (AvgIpc) is 3.46. The molecule has 3 aromatic carbocycles. The van der Waals surface area contributed by atoms with Crippen LogP contribution in [-0.4, -0.2) is 19.0 Å². The van der Waals surface area contributed by atoms with E-state index in [9.17, 15) is 19.2 Å². The van der Waals surface area contributed by atoms with Crippen molar-refractivity contribution in [1.29, 1.82) is 0 Å². The van der Waals surface area contributed by atoms with Crippen molar-refractivity contribution >= 4 is 46.2 Å². The first kappa shape index (κ1) is 29.1. The Kier molecular flexibility index (Phi) is 7.27. The van der Waals surface area contributed by atoms with Crippen LogP contribution in [0, 0.1) is 26.2 Å². The van der Waals surface area contributed by atoms with Gasteiger partial charge in [-0.15, -0.1) is 0 Å². The number of anilines is 4. The summed E-state index contributed by atoms with van der Waals surface area (Å²) in [6.45, 7) is 11.8. The standard InChI is InChI=1S/C32H32ClN3O6/c1-15-8-9-18(31(40)41-7)22(12-15)36-14-19-20(33)10-11-21(24(19)30(36)39)34-25-26(28(38)27(25)37)35-29(32(4,5)6)23-13-16(2)17(3)42-23/h8-13,29,34-35H,14H2,1-7H3/t29-/m0/s1. The molecule has 1 atom stereocenters. The minimum atomic E-state index is -0.699. The summed E-state index contributed by atoms with van der Waals surface area (Å²) in [5.41, 5.74) is 1.99. The van der Waals surface area contributed by atoms with Gasteiger partial charge in [-0.1, -0.05) is 38.4 Å². The van der Waals surface area contributed by atoms with E-state index in [0.29, 0.717) is 27.7 Å². The fourth-order valence-corrected chi connectivity index (χ4v) is 5.44.